The maximum Gasteiger partial charge on any atom is 0.291 e. The summed E-state index contributed by atoms with van der Waals surface area (Å²) in [6.07, 6.45) is 10.6. The molecule has 3 fully saturated rings. The third-order valence-electron chi connectivity index (χ3n) is 13.0. The van der Waals surface area contributed by atoms with Crippen molar-refractivity contribution in [2.45, 2.75) is 76.9 Å². The molecule has 13 heteroatoms. The number of rotatable bonds is 8. The molecule has 0 spiro atoms. The molecule has 2 bridgehead atoms. The van der Waals surface area contributed by atoms with Gasteiger partial charge in [0.25, 0.3) is 11.8 Å². The van der Waals surface area contributed by atoms with E-state index in [0.29, 0.717) is 55.7 Å². The molecule has 54 heavy (non-hydrogen) atoms. The van der Waals surface area contributed by atoms with Gasteiger partial charge in [-0.2, -0.15) is 0 Å². The van der Waals surface area contributed by atoms with Crippen LogP contribution in [0.5, 0.6) is 0 Å². The zero-order valence-electron chi connectivity index (χ0n) is 31.1. The van der Waals surface area contributed by atoms with Crippen molar-refractivity contribution in [3.63, 3.8) is 0 Å². The van der Waals surface area contributed by atoms with Gasteiger partial charge in [0.15, 0.2) is 11.6 Å². The first-order chi connectivity index (χ1) is 26.2. The molecular weight excluding hydrogens is 723 g/mol. The van der Waals surface area contributed by atoms with Gasteiger partial charge in [-0.1, -0.05) is 47.5 Å². The summed E-state index contributed by atoms with van der Waals surface area (Å²) in [5.41, 5.74) is 6.80. The Bertz CT molecular complexity index is 2110. The number of carbonyl (C=O) groups excluding carboxylic acids is 2. The van der Waals surface area contributed by atoms with Crippen LogP contribution in [0.15, 0.2) is 36.4 Å². The lowest BCUT2D eigenvalue weighted by Gasteiger charge is -2.36. The molecule has 284 valence electrons. The van der Waals surface area contributed by atoms with Crippen molar-refractivity contribution in [3.05, 3.63) is 80.9 Å². The molecule has 9 rings (SSSR count). The molecule has 2 aromatic heterocycles. The number of imidazole rings is 2. The van der Waals surface area contributed by atoms with Gasteiger partial charge in [0, 0.05) is 101 Å². The highest BCUT2D eigenvalue weighted by atomic mass is 35.5. The van der Waals surface area contributed by atoms with E-state index >= 15 is 0 Å². The quantitative estimate of drug-likeness (QED) is 0.197. The van der Waals surface area contributed by atoms with E-state index in [0.717, 1.165) is 100 Å². The molecule has 0 atom stereocenters. The number of ether oxygens (including phenoxy) is 1. The number of benzene rings is 2. The van der Waals surface area contributed by atoms with E-state index in [4.69, 9.17) is 37.9 Å². The van der Waals surface area contributed by atoms with Crippen LogP contribution in [0.1, 0.15) is 89.0 Å². The number of hydrogen-bond donors (Lipinski definition) is 2. The minimum Gasteiger partial charge on any atom is -0.381 e. The summed E-state index contributed by atoms with van der Waals surface area (Å²) in [4.78, 5) is 42.1. The minimum atomic E-state index is -0.332. The van der Waals surface area contributed by atoms with Gasteiger partial charge in [-0.3, -0.25) is 19.4 Å². The van der Waals surface area contributed by atoms with Crippen molar-refractivity contribution in [2.24, 2.45) is 25.4 Å². The van der Waals surface area contributed by atoms with Gasteiger partial charge in [-0.25, -0.2) is 9.97 Å². The number of anilines is 2. The summed E-state index contributed by atoms with van der Waals surface area (Å²) < 4.78 is 9.40. The Balaban J connectivity index is 0.892. The standard InChI is InChI=1S/C41H48Cl2N8O3/c1-48-33-11-17-50(24-41-15-9-25(21-41)10-16-41)22-31(33)44-37(48)39(52)46-29-7-3-5-27(35(29)42)28-6-4-8-30(36(28)43)47-40(53)38-45-32-23-51(18-12-34(32)49(38)2)26-13-19-54-20-14-26/h3-8,25-26H,9-24H2,1-2H3,(H,46,52)(H,47,53). The molecule has 2 saturated carbocycles. The van der Waals surface area contributed by atoms with E-state index in [1.807, 2.05) is 47.5 Å². The highest BCUT2D eigenvalue weighted by Crippen LogP contribution is 2.54. The Hall–Kier alpha value is -3.74. The van der Waals surface area contributed by atoms with Gasteiger partial charge in [-0.05, 0) is 68.4 Å². The van der Waals surface area contributed by atoms with Crippen molar-refractivity contribution >= 4 is 46.4 Å². The monoisotopic (exact) mass is 770 g/mol. The van der Waals surface area contributed by atoms with Gasteiger partial charge >= 0.3 is 0 Å². The largest absolute Gasteiger partial charge is 0.381 e. The molecule has 11 nitrogen and oxygen atoms in total. The molecular formula is C41H48Cl2N8O3. The second-order valence-corrected chi connectivity index (χ2v) is 16.9. The first-order valence-corrected chi connectivity index (χ1v) is 20.2. The minimum absolute atomic E-state index is 0.314. The molecule has 1 saturated heterocycles. The number of nitrogens with zero attached hydrogens (tertiary/aromatic N) is 6. The third kappa shape index (κ3) is 6.55. The SMILES string of the molecule is Cn1c(C(=O)Nc2cccc(-c3cccc(NC(=O)c4nc5c(n4C)CCN(C4CCOCC4)C5)c3Cl)c2Cl)nc2c1CCN(CC13CCC(CC1)C3)C2. The average Bonchev–Trinajstić information content (AvgIpc) is 3.95. The smallest absolute Gasteiger partial charge is 0.291 e. The number of aromatic nitrogens is 4. The molecule has 4 aromatic rings. The van der Waals surface area contributed by atoms with Crippen molar-refractivity contribution < 1.29 is 14.3 Å². The van der Waals surface area contributed by atoms with E-state index in [-0.39, 0.29) is 11.8 Å². The Morgan fingerprint density at radius 2 is 1.35 bits per heavy atom. The van der Waals surface area contributed by atoms with E-state index in [1.54, 1.807) is 12.1 Å². The highest BCUT2D eigenvalue weighted by molar-refractivity contribution is 6.40. The fourth-order valence-electron chi connectivity index (χ4n) is 10.1. The van der Waals surface area contributed by atoms with Gasteiger partial charge in [0.1, 0.15) is 0 Å². The first-order valence-electron chi connectivity index (χ1n) is 19.5. The molecule has 2 aromatic carbocycles. The van der Waals surface area contributed by atoms with Crippen molar-refractivity contribution in [1.82, 2.24) is 28.9 Å². The number of fused-ring (bicyclic) bond motifs is 4. The lowest BCUT2D eigenvalue weighted by atomic mass is 9.83. The van der Waals surface area contributed by atoms with Crippen molar-refractivity contribution in [2.75, 3.05) is 43.5 Å². The van der Waals surface area contributed by atoms with E-state index in [2.05, 4.69) is 20.4 Å². The van der Waals surface area contributed by atoms with E-state index in [9.17, 15) is 9.59 Å². The van der Waals surface area contributed by atoms with Gasteiger partial charge in [0.2, 0.25) is 0 Å². The summed E-state index contributed by atoms with van der Waals surface area (Å²) >= 11 is 14.0. The number of carbonyl (C=O) groups is 2. The van der Waals surface area contributed by atoms with E-state index < -0.39 is 0 Å². The van der Waals surface area contributed by atoms with Crippen LogP contribution >= 0.6 is 23.2 Å². The van der Waals surface area contributed by atoms with Crippen LogP contribution in [-0.2, 0) is 44.8 Å². The summed E-state index contributed by atoms with van der Waals surface area (Å²) in [5.74, 6) is 1.01. The fourth-order valence-corrected chi connectivity index (χ4v) is 10.6. The summed E-state index contributed by atoms with van der Waals surface area (Å²) in [6, 6.07) is 11.4. The zero-order chi connectivity index (χ0) is 37.1. The van der Waals surface area contributed by atoms with E-state index in [1.165, 1.54) is 32.1 Å². The fraction of sp³-hybridized carbons (Fsp3) is 0.512. The summed E-state index contributed by atoms with van der Waals surface area (Å²) in [5, 5.41) is 6.70. The second-order valence-electron chi connectivity index (χ2n) is 16.2. The lowest BCUT2D eigenvalue weighted by molar-refractivity contribution is 0.0283. The Kier molecular flexibility index (Phi) is 9.58. The number of halogens is 2. The van der Waals surface area contributed by atoms with Gasteiger partial charge in [-0.15, -0.1) is 0 Å². The third-order valence-corrected chi connectivity index (χ3v) is 13.8. The Morgan fingerprint density at radius 3 is 1.91 bits per heavy atom. The molecule has 2 N–H and O–H groups in total. The molecule has 2 amide bonds. The van der Waals surface area contributed by atoms with Crippen LogP contribution < -0.4 is 10.6 Å². The van der Waals surface area contributed by atoms with Crippen LogP contribution in [-0.4, -0.2) is 79.6 Å². The maximum absolute atomic E-state index is 13.7. The molecule has 2 aliphatic carbocycles. The Labute approximate surface area is 326 Å². The molecule has 5 heterocycles. The topological polar surface area (TPSA) is 110 Å². The van der Waals surface area contributed by atoms with Crippen LogP contribution in [0.2, 0.25) is 10.0 Å². The average molecular weight is 772 g/mol. The zero-order valence-corrected chi connectivity index (χ0v) is 32.6. The Morgan fingerprint density at radius 1 is 0.796 bits per heavy atom. The number of amides is 2. The predicted octanol–water partition coefficient (Wildman–Crippen LogP) is 7.11. The lowest BCUT2D eigenvalue weighted by Crippen LogP contribution is -2.42. The summed E-state index contributed by atoms with van der Waals surface area (Å²) in [7, 11) is 3.82. The normalized spacial score (nSPS) is 23.0. The maximum atomic E-state index is 13.7. The van der Waals surface area contributed by atoms with Gasteiger partial charge < -0.3 is 24.5 Å². The summed E-state index contributed by atoms with van der Waals surface area (Å²) in [6.45, 7) is 6.16. The van der Waals surface area contributed by atoms with Crippen LogP contribution in [0.4, 0.5) is 11.4 Å². The highest BCUT2D eigenvalue weighted by Gasteiger charge is 2.46. The van der Waals surface area contributed by atoms with Crippen LogP contribution in [0, 0.1) is 11.3 Å². The van der Waals surface area contributed by atoms with Gasteiger partial charge in [0.05, 0.1) is 32.8 Å². The van der Waals surface area contributed by atoms with Crippen LogP contribution in [0.3, 0.4) is 0 Å². The van der Waals surface area contributed by atoms with Crippen molar-refractivity contribution in [3.8, 4) is 11.1 Å². The number of nitrogens with one attached hydrogen (secondary N) is 2. The molecule has 0 radical (unpaired) electrons. The molecule has 0 unspecified atom stereocenters. The number of hydrogen-bond acceptors (Lipinski definition) is 7. The van der Waals surface area contributed by atoms with Crippen LogP contribution in [0.25, 0.3) is 11.1 Å². The first kappa shape index (κ1) is 35.9. The second kappa shape index (κ2) is 14.4. The van der Waals surface area contributed by atoms with Crippen molar-refractivity contribution in [1.29, 1.82) is 0 Å². The molecule has 3 aliphatic heterocycles. The predicted molar refractivity (Wildman–Crippen MR) is 210 cm³/mol. The molecule has 5 aliphatic rings.